The number of carbonyl (C=O) groups excluding carboxylic acids is 1. The molecule has 0 spiro atoms. The van der Waals surface area contributed by atoms with E-state index in [1.54, 1.807) is 34.8 Å². The quantitative estimate of drug-likeness (QED) is 0.687. The molecule has 0 radical (unpaired) electrons. The van der Waals surface area contributed by atoms with Crippen LogP contribution in [0.15, 0.2) is 41.8 Å². The van der Waals surface area contributed by atoms with Crippen molar-refractivity contribution in [2.45, 2.75) is 6.10 Å². The summed E-state index contributed by atoms with van der Waals surface area (Å²) < 4.78 is 0.574. The van der Waals surface area contributed by atoms with Crippen LogP contribution in [0.2, 0.25) is 4.34 Å². The number of nitrogens with one attached hydrogen (secondary N) is 1. The van der Waals surface area contributed by atoms with E-state index in [0.29, 0.717) is 9.21 Å². The number of thiophene rings is 3. The summed E-state index contributed by atoms with van der Waals surface area (Å²) in [6, 6.07) is 11.3. The lowest BCUT2D eigenvalue weighted by atomic mass is 10.3. The number of halogens is 1. The molecule has 3 heterocycles. The first-order valence-electron chi connectivity index (χ1n) is 6.48. The predicted molar refractivity (Wildman–Crippen MR) is 94.3 cm³/mol. The monoisotopic (exact) mass is 369 g/mol. The van der Waals surface area contributed by atoms with Crippen LogP contribution in [-0.2, 0) is 0 Å². The molecule has 1 amide bonds. The van der Waals surface area contributed by atoms with Crippen LogP contribution in [0.3, 0.4) is 0 Å². The molecule has 3 aromatic rings. The topological polar surface area (TPSA) is 49.3 Å². The van der Waals surface area contributed by atoms with Gasteiger partial charge in [0.25, 0.3) is 5.91 Å². The standard InChI is InChI=1S/C15H12ClNO2S3/c16-14-6-5-13(22-14)15(19)17-8-9(18)10-3-4-12(21-10)11-2-1-7-20-11/h1-7,9,18H,8H2,(H,17,19)/t9-/m1/s1. The second kappa shape index (κ2) is 6.93. The number of aliphatic hydroxyl groups is 1. The molecule has 3 rings (SSSR count). The third-order valence-corrected chi connectivity index (χ3v) is 6.45. The highest BCUT2D eigenvalue weighted by atomic mass is 35.5. The third-order valence-electron chi connectivity index (χ3n) is 2.97. The van der Waals surface area contributed by atoms with Crippen LogP contribution in [0.1, 0.15) is 20.7 Å². The summed E-state index contributed by atoms with van der Waals surface area (Å²) in [5.41, 5.74) is 0. The molecule has 0 saturated heterocycles. The van der Waals surface area contributed by atoms with Gasteiger partial charge in [0, 0.05) is 21.2 Å². The minimum Gasteiger partial charge on any atom is -0.386 e. The second-order valence-corrected chi connectivity index (χ2v) is 8.29. The van der Waals surface area contributed by atoms with Gasteiger partial charge in [-0.3, -0.25) is 4.79 Å². The van der Waals surface area contributed by atoms with Gasteiger partial charge in [-0.1, -0.05) is 17.7 Å². The van der Waals surface area contributed by atoms with Crippen LogP contribution < -0.4 is 5.32 Å². The first kappa shape index (κ1) is 15.7. The van der Waals surface area contributed by atoms with Gasteiger partial charge in [0.1, 0.15) is 6.10 Å². The SMILES string of the molecule is O=C(NC[C@@H](O)c1ccc(-c2cccs2)s1)c1ccc(Cl)s1. The Labute approximate surface area is 144 Å². The van der Waals surface area contributed by atoms with E-state index in [2.05, 4.69) is 11.4 Å². The molecule has 0 aromatic carbocycles. The van der Waals surface area contributed by atoms with E-state index in [0.717, 1.165) is 9.75 Å². The number of carbonyl (C=O) groups is 1. The Hall–Kier alpha value is -1.18. The lowest BCUT2D eigenvalue weighted by Crippen LogP contribution is -2.27. The predicted octanol–water partition coefficient (Wildman–Crippen LogP) is 4.65. The zero-order chi connectivity index (χ0) is 15.5. The molecule has 0 saturated carbocycles. The van der Waals surface area contributed by atoms with Crippen molar-refractivity contribution in [3.05, 3.63) is 55.9 Å². The Morgan fingerprint density at radius 3 is 2.73 bits per heavy atom. The Bertz CT molecular complexity index is 763. The molecular weight excluding hydrogens is 358 g/mol. The average molecular weight is 370 g/mol. The summed E-state index contributed by atoms with van der Waals surface area (Å²) in [6.07, 6.45) is -0.710. The average Bonchev–Trinajstić information content (AvgIpc) is 3.23. The lowest BCUT2D eigenvalue weighted by molar-refractivity contribution is 0.0922. The maximum atomic E-state index is 11.9. The van der Waals surface area contributed by atoms with Crippen LogP contribution in [0.5, 0.6) is 0 Å². The fraction of sp³-hybridized carbons (Fsp3) is 0.133. The van der Waals surface area contributed by atoms with E-state index >= 15 is 0 Å². The zero-order valence-corrected chi connectivity index (χ0v) is 14.5. The highest BCUT2D eigenvalue weighted by Gasteiger charge is 2.14. The van der Waals surface area contributed by atoms with Gasteiger partial charge in [-0.05, 0) is 35.7 Å². The van der Waals surface area contributed by atoms with E-state index in [1.807, 2.05) is 23.6 Å². The maximum Gasteiger partial charge on any atom is 0.261 e. The van der Waals surface area contributed by atoms with Gasteiger partial charge >= 0.3 is 0 Å². The molecule has 0 fully saturated rings. The first-order chi connectivity index (χ1) is 10.6. The lowest BCUT2D eigenvalue weighted by Gasteiger charge is -2.09. The van der Waals surface area contributed by atoms with Gasteiger partial charge in [0.15, 0.2) is 0 Å². The summed E-state index contributed by atoms with van der Waals surface area (Å²) in [4.78, 5) is 15.6. The molecule has 22 heavy (non-hydrogen) atoms. The first-order valence-corrected chi connectivity index (χ1v) is 9.38. The van der Waals surface area contributed by atoms with Gasteiger partial charge in [-0.2, -0.15) is 0 Å². The molecule has 0 aliphatic rings. The number of hydrogen-bond donors (Lipinski definition) is 2. The number of rotatable bonds is 5. The largest absolute Gasteiger partial charge is 0.386 e. The fourth-order valence-electron chi connectivity index (χ4n) is 1.90. The fourth-order valence-corrected chi connectivity index (χ4v) is 4.68. The summed E-state index contributed by atoms with van der Waals surface area (Å²) in [5.74, 6) is -0.217. The van der Waals surface area contributed by atoms with Crippen molar-refractivity contribution in [2.75, 3.05) is 6.54 Å². The van der Waals surface area contributed by atoms with E-state index in [9.17, 15) is 9.90 Å². The number of aliphatic hydroxyl groups excluding tert-OH is 1. The highest BCUT2D eigenvalue weighted by Crippen LogP contribution is 2.33. The van der Waals surface area contributed by atoms with E-state index in [-0.39, 0.29) is 12.5 Å². The number of hydrogen-bond acceptors (Lipinski definition) is 5. The van der Waals surface area contributed by atoms with E-state index < -0.39 is 6.10 Å². The molecule has 2 N–H and O–H groups in total. The van der Waals surface area contributed by atoms with Crippen molar-refractivity contribution in [3.8, 4) is 9.75 Å². The van der Waals surface area contributed by atoms with Crippen LogP contribution in [0.4, 0.5) is 0 Å². The minimum atomic E-state index is -0.710. The summed E-state index contributed by atoms with van der Waals surface area (Å²) in [7, 11) is 0. The van der Waals surface area contributed by atoms with Crippen molar-refractivity contribution in [2.24, 2.45) is 0 Å². The molecule has 0 unspecified atom stereocenters. The molecule has 0 bridgehead atoms. The van der Waals surface area contributed by atoms with Crippen molar-refractivity contribution >= 4 is 51.5 Å². The summed E-state index contributed by atoms with van der Waals surface area (Å²) in [6.45, 7) is 0.179. The normalized spacial score (nSPS) is 12.3. The maximum absolute atomic E-state index is 11.9. The molecule has 1 atom stereocenters. The molecule has 0 aliphatic heterocycles. The Morgan fingerprint density at radius 1 is 1.18 bits per heavy atom. The molecule has 7 heteroatoms. The van der Waals surface area contributed by atoms with Crippen LogP contribution in [0.25, 0.3) is 9.75 Å². The molecule has 114 valence electrons. The van der Waals surface area contributed by atoms with Gasteiger partial charge in [-0.25, -0.2) is 0 Å². The van der Waals surface area contributed by atoms with E-state index in [1.165, 1.54) is 16.2 Å². The minimum absolute atomic E-state index is 0.179. The molecular formula is C15H12ClNO2S3. The molecule has 3 aromatic heterocycles. The Kier molecular flexibility index (Phi) is 4.95. The van der Waals surface area contributed by atoms with Crippen LogP contribution in [0, 0.1) is 0 Å². The Balaban J connectivity index is 1.60. The van der Waals surface area contributed by atoms with Gasteiger partial charge in [-0.15, -0.1) is 34.0 Å². The Morgan fingerprint density at radius 2 is 2.05 bits per heavy atom. The van der Waals surface area contributed by atoms with Crippen molar-refractivity contribution in [1.29, 1.82) is 0 Å². The third kappa shape index (κ3) is 3.59. The molecule has 3 nitrogen and oxygen atoms in total. The van der Waals surface area contributed by atoms with E-state index in [4.69, 9.17) is 11.6 Å². The summed E-state index contributed by atoms with van der Waals surface area (Å²) >= 11 is 10.2. The number of amides is 1. The van der Waals surface area contributed by atoms with Crippen LogP contribution in [-0.4, -0.2) is 17.6 Å². The molecule has 0 aliphatic carbocycles. The van der Waals surface area contributed by atoms with Gasteiger partial charge in [0.2, 0.25) is 0 Å². The second-order valence-electron chi connectivity index (χ2n) is 4.51. The smallest absolute Gasteiger partial charge is 0.261 e. The van der Waals surface area contributed by atoms with Gasteiger partial charge in [0.05, 0.1) is 9.21 Å². The van der Waals surface area contributed by atoms with Crippen molar-refractivity contribution in [3.63, 3.8) is 0 Å². The van der Waals surface area contributed by atoms with Crippen LogP contribution >= 0.6 is 45.6 Å². The van der Waals surface area contributed by atoms with Gasteiger partial charge < -0.3 is 10.4 Å². The van der Waals surface area contributed by atoms with Crippen molar-refractivity contribution in [1.82, 2.24) is 5.32 Å². The zero-order valence-electron chi connectivity index (χ0n) is 11.3. The van der Waals surface area contributed by atoms with Crippen molar-refractivity contribution < 1.29 is 9.90 Å². The summed E-state index contributed by atoms with van der Waals surface area (Å²) in [5, 5.41) is 15.0. The highest BCUT2D eigenvalue weighted by molar-refractivity contribution is 7.21.